The Morgan fingerprint density at radius 3 is 2.54 bits per heavy atom. The molecule has 26 heavy (non-hydrogen) atoms. The van der Waals surface area contributed by atoms with Crippen LogP contribution in [0.15, 0.2) is 23.1 Å². The SMILES string of the molecule is COc1ccc(/C=C2\SC(=S)N([C@@H](CC(=O)[O-])C(=O)[O-])C2=O)c(OC)c1. The average molecular weight is 395 g/mol. The molecule has 1 fully saturated rings. The van der Waals surface area contributed by atoms with Crippen LogP contribution in [0.4, 0.5) is 0 Å². The van der Waals surface area contributed by atoms with Crippen LogP contribution in [-0.2, 0) is 14.4 Å². The van der Waals surface area contributed by atoms with Gasteiger partial charge in [-0.2, -0.15) is 0 Å². The van der Waals surface area contributed by atoms with Crippen molar-refractivity contribution in [3.8, 4) is 11.5 Å². The molecule has 1 aliphatic rings. The summed E-state index contributed by atoms with van der Waals surface area (Å²) >= 11 is 5.89. The topological polar surface area (TPSA) is 119 Å². The highest BCUT2D eigenvalue weighted by Crippen LogP contribution is 2.36. The van der Waals surface area contributed by atoms with Crippen LogP contribution < -0.4 is 19.7 Å². The predicted octanol–water partition coefficient (Wildman–Crippen LogP) is -0.837. The van der Waals surface area contributed by atoms with E-state index in [9.17, 15) is 24.6 Å². The Bertz CT molecular complexity index is 806. The number of benzene rings is 1. The van der Waals surface area contributed by atoms with Crippen LogP contribution in [0.2, 0.25) is 0 Å². The van der Waals surface area contributed by atoms with Crippen LogP contribution in [0.1, 0.15) is 12.0 Å². The Hall–Kier alpha value is -2.59. The lowest BCUT2D eigenvalue weighted by Gasteiger charge is -2.27. The molecule has 1 aromatic rings. The van der Waals surface area contributed by atoms with Crippen molar-refractivity contribution in [3.05, 3.63) is 28.7 Å². The molecule has 8 nitrogen and oxygen atoms in total. The number of nitrogens with zero attached hydrogens (tertiary/aromatic N) is 1. The lowest BCUT2D eigenvalue weighted by Crippen LogP contribution is -2.52. The molecule has 2 rings (SSSR count). The van der Waals surface area contributed by atoms with E-state index in [0.29, 0.717) is 22.0 Å². The van der Waals surface area contributed by atoms with Gasteiger partial charge < -0.3 is 29.3 Å². The summed E-state index contributed by atoms with van der Waals surface area (Å²) in [5.41, 5.74) is 0.540. The molecule has 10 heteroatoms. The molecular formula is C16H13NO7S2-2. The first-order chi connectivity index (χ1) is 12.3. The Balaban J connectivity index is 2.37. The van der Waals surface area contributed by atoms with Gasteiger partial charge in [-0.15, -0.1) is 0 Å². The van der Waals surface area contributed by atoms with Crippen molar-refractivity contribution in [2.75, 3.05) is 14.2 Å². The minimum Gasteiger partial charge on any atom is -0.550 e. The summed E-state index contributed by atoms with van der Waals surface area (Å²) in [5, 5.41) is 22.0. The molecular weight excluding hydrogens is 382 g/mol. The minimum atomic E-state index is -1.74. The van der Waals surface area contributed by atoms with Gasteiger partial charge in [-0.3, -0.25) is 9.69 Å². The highest BCUT2D eigenvalue weighted by molar-refractivity contribution is 8.26. The monoisotopic (exact) mass is 395 g/mol. The first-order valence-corrected chi connectivity index (χ1v) is 8.40. The summed E-state index contributed by atoms with van der Waals surface area (Å²) in [4.78, 5) is 35.4. The average Bonchev–Trinajstić information content (AvgIpc) is 2.86. The summed E-state index contributed by atoms with van der Waals surface area (Å²) in [6, 6.07) is 3.19. The van der Waals surface area contributed by atoms with Gasteiger partial charge in [-0.05, 0) is 18.2 Å². The number of methoxy groups -OCH3 is 2. The molecule has 0 unspecified atom stereocenters. The Kier molecular flexibility index (Phi) is 6.22. The number of hydrogen-bond acceptors (Lipinski definition) is 9. The van der Waals surface area contributed by atoms with E-state index in [4.69, 9.17) is 21.7 Å². The summed E-state index contributed by atoms with van der Waals surface area (Å²) < 4.78 is 10.3. The molecule has 1 aromatic carbocycles. The van der Waals surface area contributed by atoms with Gasteiger partial charge in [-0.25, -0.2) is 0 Å². The number of carbonyl (C=O) groups excluding carboxylic acids is 3. The van der Waals surface area contributed by atoms with Crippen LogP contribution in [0.5, 0.6) is 11.5 Å². The fourth-order valence-corrected chi connectivity index (χ4v) is 3.61. The fraction of sp³-hybridized carbons (Fsp3) is 0.250. The van der Waals surface area contributed by atoms with Crippen LogP contribution >= 0.6 is 24.0 Å². The lowest BCUT2D eigenvalue weighted by molar-refractivity contribution is -0.319. The smallest absolute Gasteiger partial charge is 0.266 e. The third-order valence-electron chi connectivity index (χ3n) is 3.49. The minimum absolute atomic E-state index is 0.0795. The molecule has 0 aliphatic carbocycles. The molecule has 1 atom stereocenters. The zero-order valence-corrected chi connectivity index (χ0v) is 15.3. The number of rotatable bonds is 7. The van der Waals surface area contributed by atoms with E-state index in [0.717, 1.165) is 11.8 Å². The van der Waals surface area contributed by atoms with Gasteiger partial charge in [0.1, 0.15) is 15.8 Å². The first kappa shape index (κ1) is 19.7. The van der Waals surface area contributed by atoms with Gasteiger partial charge in [0, 0.05) is 24.0 Å². The standard InChI is InChI=1S/C16H15NO7S2/c1-23-9-4-3-8(11(6-9)24-2)5-12-14(20)17(16(25)26-12)10(15(21)22)7-13(18)19/h3-6,10H,7H2,1-2H3,(H,18,19)(H,21,22)/p-2/b12-5-/t10-/m0/s1. The third kappa shape index (κ3) is 4.14. The van der Waals surface area contributed by atoms with Crippen LogP contribution in [0.3, 0.4) is 0 Å². The van der Waals surface area contributed by atoms with E-state index in [1.54, 1.807) is 18.2 Å². The molecule has 1 amide bonds. The fourth-order valence-electron chi connectivity index (χ4n) is 2.27. The zero-order valence-electron chi connectivity index (χ0n) is 13.7. The van der Waals surface area contributed by atoms with Gasteiger partial charge in [0.05, 0.1) is 31.1 Å². The maximum absolute atomic E-state index is 12.5. The number of aliphatic carboxylic acids is 2. The molecule has 1 heterocycles. The number of amides is 1. The van der Waals surface area contributed by atoms with E-state index in [-0.39, 0.29) is 9.23 Å². The largest absolute Gasteiger partial charge is 0.550 e. The maximum Gasteiger partial charge on any atom is 0.266 e. The molecule has 138 valence electrons. The molecule has 0 radical (unpaired) electrons. The second-order valence-electron chi connectivity index (χ2n) is 5.07. The molecule has 0 saturated carbocycles. The lowest BCUT2D eigenvalue weighted by atomic mass is 10.1. The number of thioether (sulfide) groups is 1. The highest BCUT2D eigenvalue weighted by atomic mass is 32.2. The molecule has 1 aliphatic heterocycles. The van der Waals surface area contributed by atoms with Crippen molar-refractivity contribution < 1.29 is 34.1 Å². The molecule has 0 bridgehead atoms. The van der Waals surface area contributed by atoms with Gasteiger partial charge in [0.15, 0.2) is 0 Å². The van der Waals surface area contributed by atoms with Crippen molar-refractivity contribution in [1.82, 2.24) is 4.90 Å². The van der Waals surface area contributed by atoms with E-state index >= 15 is 0 Å². The van der Waals surface area contributed by atoms with Crippen LogP contribution in [-0.4, -0.2) is 47.3 Å². The van der Waals surface area contributed by atoms with Gasteiger partial charge in [0.2, 0.25) is 0 Å². The van der Waals surface area contributed by atoms with Crippen molar-refractivity contribution >= 4 is 52.2 Å². The molecule has 0 spiro atoms. The van der Waals surface area contributed by atoms with Crippen molar-refractivity contribution in [1.29, 1.82) is 0 Å². The zero-order chi connectivity index (χ0) is 19.4. The summed E-state index contributed by atoms with van der Waals surface area (Å²) in [7, 11) is 2.94. The van der Waals surface area contributed by atoms with Gasteiger partial charge >= 0.3 is 0 Å². The van der Waals surface area contributed by atoms with E-state index < -0.39 is 30.3 Å². The first-order valence-electron chi connectivity index (χ1n) is 7.18. The number of carbonyl (C=O) groups is 3. The Morgan fingerprint density at radius 1 is 1.31 bits per heavy atom. The van der Waals surface area contributed by atoms with Crippen molar-refractivity contribution in [2.45, 2.75) is 12.5 Å². The molecule has 1 saturated heterocycles. The van der Waals surface area contributed by atoms with E-state index in [1.165, 1.54) is 20.3 Å². The van der Waals surface area contributed by atoms with Crippen molar-refractivity contribution in [2.24, 2.45) is 0 Å². The number of thiocarbonyl (C=S) groups is 1. The summed E-state index contributed by atoms with van der Waals surface area (Å²) in [6.07, 6.45) is 0.552. The van der Waals surface area contributed by atoms with Crippen molar-refractivity contribution in [3.63, 3.8) is 0 Å². The Morgan fingerprint density at radius 2 is 2.00 bits per heavy atom. The van der Waals surface area contributed by atoms with Crippen LogP contribution in [0.25, 0.3) is 6.08 Å². The van der Waals surface area contributed by atoms with Crippen LogP contribution in [0, 0.1) is 0 Å². The second kappa shape index (κ2) is 8.19. The third-order valence-corrected chi connectivity index (χ3v) is 4.82. The Labute approximate surface area is 158 Å². The predicted molar refractivity (Wildman–Crippen MR) is 93.0 cm³/mol. The number of carboxylic acids is 2. The van der Waals surface area contributed by atoms with Gasteiger partial charge in [0.25, 0.3) is 5.91 Å². The van der Waals surface area contributed by atoms with Gasteiger partial charge in [-0.1, -0.05) is 24.0 Å². The second-order valence-corrected chi connectivity index (χ2v) is 6.75. The number of ether oxygens (including phenoxy) is 2. The number of hydrogen-bond donors (Lipinski definition) is 0. The quantitative estimate of drug-likeness (QED) is 0.430. The molecule has 0 aromatic heterocycles. The van der Waals surface area contributed by atoms with E-state index in [2.05, 4.69) is 0 Å². The summed E-state index contributed by atoms with van der Waals surface area (Å²) in [6.45, 7) is 0. The maximum atomic E-state index is 12.5. The normalized spacial score (nSPS) is 16.7. The summed E-state index contributed by atoms with van der Waals surface area (Å²) in [5.74, 6) is -3.10. The highest BCUT2D eigenvalue weighted by Gasteiger charge is 2.38. The number of carboxylic acid groups (broad SMARTS) is 2. The van der Waals surface area contributed by atoms with E-state index in [1.807, 2.05) is 0 Å². The molecule has 0 N–H and O–H groups in total.